The molecule has 0 aliphatic rings. The second-order valence-electron chi connectivity index (χ2n) is 5.27. The molecule has 3 N–H and O–H groups in total. The van der Waals surface area contributed by atoms with E-state index in [9.17, 15) is 9.59 Å². The number of aromatic amines is 1. The average molecular weight is 314 g/mol. The van der Waals surface area contributed by atoms with Gasteiger partial charge in [-0.05, 0) is 37.1 Å². The quantitative estimate of drug-likeness (QED) is 0.731. The van der Waals surface area contributed by atoms with Crippen LogP contribution in [0.2, 0.25) is 0 Å². The summed E-state index contributed by atoms with van der Waals surface area (Å²) in [5, 5.41) is 12.4. The van der Waals surface area contributed by atoms with Gasteiger partial charge in [0.25, 0.3) is 11.8 Å². The molecule has 1 aromatic carbocycles. The van der Waals surface area contributed by atoms with Gasteiger partial charge in [-0.25, -0.2) is 0 Å². The number of H-pyrrole nitrogens is 1. The van der Waals surface area contributed by atoms with Crippen molar-refractivity contribution in [1.29, 1.82) is 0 Å². The first-order valence-electron chi connectivity index (χ1n) is 7.83. The van der Waals surface area contributed by atoms with Gasteiger partial charge in [-0.3, -0.25) is 14.7 Å². The van der Waals surface area contributed by atoms with Crippen molar-refractivity contribution in [3.8, 4) is 0 Å². The minimum Gasteiger partial charge on any atom is -0.352 e. The Bertz CT molecular complexity index is 661. The van der Waals surface area contributed by atoms with E-state index in [4.69, 9.17) is 0 Å². The van der Waals surface area contributed by atoms with Gasteiger partial charge in [-0.2, -0.15) is 5.10 Å². The number of carbonyl (C=O) groups is 2. The number of carbonyl (C=O) groups excluding carboxylic acids is 2. The molecular weight excluding hydrogens is 292 g/mol. The van der Waals surface area contributed by atoms with Gasteiger partial charge in [0.1, 0.15) is 5.69 Å². The third-order valence-corrected chi connectivity index (χ3v) is 3.39. The highest BCUT2D eigenvalue weighted by molar-refractivity contribution is 5.94. The molecule has 0 aliphatic carbocycles. The first kappa shape index (κ1) is 16.7. The third-order valence-electron chi connectivity index (χ3n) is 3.39. The first-order valence-corrected chi connectivity index (χ1v) is 7.83. The summed E-state index contributed by atoms with van der Waals surface area (Å²) in [5.74, 6) is -0.306. The maximum Gasteiger partial charge on any atom is 0.272 e. The maximum atomic E-state index is 12.0. The minimum absolute atomic E-state index is 0.0944. The highest BCUT2D eigenvalue weighted by atomic mass is 16.2. The summed E-state index contributed by atoms with van der Waals surface area (Å²) < 4.78 is 0. The Hall–Kier alpha value is -2.63. The molecule has 0 saturated heterocycles. The Morgan fingerprint density at radius 2 is 1.83 bits per heavy atom. The van der Waals surface area contributed by atoms with Crippen molar-refractivity contribution in [2.75, 3.05) is 6.54 Å². The van der Waals surface area contributed by atoms with Gasteiger partial charge in [0, 0.05) is 24.3 Å². The summed E-state index contributed by atoms with van der Waals surface area (Å²) in [5.41, 5.74) is 2.89. The fourth-order valence-electron chi connectivity index (χ4n) is 2.18. The lowest BCUT2D eigenvalue weighted by Gasteiger charge is -2.05. The van der Waals surface area contributed by atoms with Crippen LogP contribution in [0.25, 0.3) is 0 Å². The predicted molar refractivity (Wildman–Crippen MR) is 88.2 cm³/mol. The van der Waals surface area contributed by atoms with Gasteiger partial charge in [0.15, 0.2) is 0 Å². The lowest BCUT2D eigenvalue weighted by molar-refractivity contribution is 0.0940. The summed E-state index contributed by atoms with van der Waals surface area (Å²) in [4.78, 5) is 23.7. The number of aryl methyl sites for hydroxylation is 1. The Labute approximate surface area is 135 Å². The lowest BCUT2D eigenvalue weighted by Crippen LogP contribution is -2.24. The molecule has 1 heterocycles. The molecule has 0 radical (unpaired) electrons. The Balaban J connectivity index is 1.89. The van der Waals surface area contributed by atoms with Gasteiger partial charge in [0.2, 0.25) is 0 Å². The summed E-state index contributed by atoms with van der Waals surface area (Å²) in [6.07, 6.45) is 1.88. The number of nitrogens with one attached hydrogen (secondary N) is 3. The molecular formula is C17H22N4O2. The second-order valence-corrected chi connectivity index (χ2v) is 5.27. The van der Waals surface area contributed by atoms with E-state index in [0.29, 0.717) is 24.3 Å². The fourth-order valence-corrected chi connectivity index (χ4v) is 2.18. The van der Waals surface area contributed by atoms with Crippen LogP contribution < -0.4 is 10.6 Å². The zero-order valence-electron chi connectivity index (χ0n) is 13.5. The smallest absolute Gasteiger partial charge is 0.272 e. The number of aromatic nitrogens is 2. The van der Waals surface area contributed by atoms with Crippen LogP contribution in [0.5, 0.6) is 0 Å². The zero-order chi connectivity index (χ0) is 16.7. The second kappa shape index (κ2) is 8.12. The first-order chi connectivity index (χ1) is 11.1. The molecule has 0 atom stereocenters. The largest absolute Gasteiger partial charge is 0.352 e. The lowest BCUT2D eigenvalue weighted by atomic mass is 10.1. The highest BCUT2D eigenvalue weighted by Crippen LogP contribution is 2.06. The van der Waals surface area contributed by atoms with Gasteiger partial charge in [0.05, 0.1) is 0 Å². The molecule has 0 aliphatic heterocycles. The number of rotatable bonds is 7. The number of hydrogen-bond donors (Lipinski definition) is 3. The van der Waals surface area contributed by atoms with Crippen LogP contribution in [0.15, 0.2) is 30.3 Å². The molecule has 6 heteroatoms. The highest BCUT2D eigenvalue weighted by Gasteiger charge is 2.10. The number of nitrogens with zero attached hydrogens (tertiary/aromatic N) is 1. The number of benzene rings is 1. The van der Waals surface area contributed by atoms with Crippen molar-refractivity contribution in [2.45, 2.75) is 33.2 Å². The molecule has 0 fully saturated rings. The van der Waals surface area contributed by atoms with Crippen molar-refractivity contribution >= 4 is 11.8 Å². The standard InChI is InChI=1S/C17H22N4O2/c1-3-5-14-10-15(21-20-14)17(23)19-11-12-6-8-13(9-7-12)16(22)18-4-2/h6-10H,3-5,11H2,1-2H3,(H,18,22)(H,19,23)(H,20,21). The Kier molecular flexibility index (Phi) is 5.91. The van der Waals surface area contributed by atoms with Crippen LogP contribution in [-0.2, 0) is 13.0 Å². The summed E-state index contributed by atoms with van der Waals surface area (Å²) in [6.45, 7) is 4.94. The molecule has 2 amide bonds. The Morgan fingerprint density at radius 3 is 2.48 bits per heavy atom. The molecule has 0 spiro atoms. The zero-order valence-corrected chi connectivity index (χ0v) is 13.5. The van der Waals surface area contributed by atoms with Gasteiger partial charge in [-0.1, -0.05) is 25.5 Å². The predicted octanol–water partition coefficient (Wildman–Crippen LogP) is 2.04. The van der Waals surface area contributed by atoms with Crippen molar-refractivity contribution in [2.24, 2.45) is 0 Å². The van der Waals surface area contributed by atoms with E-state index in [-0.39, 0.29) is 11.8 Å². The number of amides is 2. The van der Waals surface area contributed by atoms with Crippen LogP contribution in [0, 0.1) is 0 Å². The van der Waals surface area contributed by atoms with Gasteiger partial charge in [-0.15, -0.1) is 0 Å². The monoisotopic (exact) mass is 314 g/mol. The van der Waals surface area contributed by atoms with Crippen molar-refractivity contribution in [3.05, 3.63) is 52.8 Å². The van der Waals surface area contributed by atoms with E-state index in [1.165, 1.54) is 0 Å². The molecule has 23 heavy (non-hydrogen) atoms. The van der Waals surface area contributed by atoms with Crippen LogP contribution in [-0.4, -0.2) is 28.6 Å². The summed E-state index contributed by atoms with van der Waals surface area (Å²) >= 11 is 0. The van der Waals surface area contributed by atoms with E-state index >= 15 is 0 Å². The molecule has 2 rings (SSSR count). The van der Waals surface area contributed by atoms with Crippen LogP contribution >= 0.6 is 0 Å². The summed E-state index contributed by atoms with van der Waals surface area (Å²) in [6, 6.07) is 8.94. The maximum absolute atomic E-state index is 12.0. The van der Waals surface area contributed by atoms with Gasteiger partial charge < -0.3 is 10.6 Å². The fraction of sp³-hybridized carbons (Fsp3) is 0.353. The minimum atomic E-state index is -0.212. The van der Waals surface area contributed by atoms with E-state index in [1.54, 1.807) is 18.2 Å². The van der Waals surface area contributed by atoms with E-state index in [1.807, 2.05) is 19.1 Å². The molecule has 122 valence electrons. The third kappa shape index (κ3) is 4.67. The molecule has 0 saturated carbocycles. The SMILES string of the molecule is CCCc1cc(C(=O)NCc2ccc(C(=O)NCC)cc2)n[nH]1. The molecule has 1 aromatic heterocycles. The van der Waals surface area contributed by atoms with Crippen LogP contribution in [0.4, 0.5) is 0 Å². The van der Waals surface area contributed by atoms with Crippen molar-refractivity contribution in [1.82, 2.24) is 20.8 Å². The average Bonchev–Trinajstić information content (AvgIpc) is 3.02. The molecule has 0 unspecified atom stereocenters. The molecule has 6 nitrogen and oxygen atoms in total. The van der Waals surface area contributed by atoms with Gasteiger partial charge >= 0.3 is 0 Å². The molecule has 2 aromatic rings. The molecule has 0 bridgehead atoms. The van der Waals surface area contributed by atoms with E-state index in [0.717, 1.165) is 24.1 Å². The Morgan fingerprint density at radius 1 is 1.09 bits per heavy atom. The summed E-state index contributed by atoms with van der Waals surface area (Å²) in [7, 11) is 0. The van der Waals surface area contributed by atoms with Crippen molar-refractivity contribution in [3.63, 3.8) is 0 Å². The topological polar surface area (TPSA) is 86.9 Å². The van der Waals surface area contributed by atoms with Crippen LogP contribution in [0.3, 0.4) is 0 Å². The number of hydrogen-bond acceptors (Lipinski definition) is 3. The van der Waals surface area contributed by atoms with Crippen molar-refractivity contribution < 1.29 is 9.59 Å². The normalized spacial score (nSPS) is 10.3. The van der Waals surface area contributed by atoms with E-state index < -0.39 is 0 Å². The van der Waals surface area contributed by atoms with Crippen LogP contribution in [0.1, 0.15) is 52.4 Å². The van der Waals surface area contributed by atoms with E-state index in [2.05, 4.69) is 27.8 Å².